The van der Waals surface area contributed by atoms with Crippen LogP contribution in [0.3, 0.4) is 0 Å². The van der Waals surface area contributed by atoms with Gasteiger partial charge in [0, 0.05) is 64.3 Å². The molecule has 0 spiro atoms. The van der Waals surface area contributed by atoms with Crippen LogP contribution in [-0.2, 0) is 11.8 Å². The highest BCUT2D eigenvalue weighted by molar-refractivity contribution is 5.57. The van der Waals surface area contributed by atoms with Gasteiger partial charge in [-0.15, -0.1) is 0 Å². The first-order valence-corrected chi connectivity index (χ1v) is 9.62. The van der Waals surface area contributed by atoms with Gasteiger partial charge in [-0.1, -0.05) is 12.1 Å². The number of rotatable bonds is 5. The lowest BCUT2D eigenvalue weighted by atomic mass is 10.0. The van der Waals surface area contributed by atoms with Crippen LogP contribution >= 0.6 is 0 Å². The standard InChI is InChI=1S/C20H27FN4O2/c1-23-7-6-22-20(23)19(26)16-3-2-4-17(21)18(16)25-10-8-24(9-11-25)13-15-5-12-27-14-15/h2-4,6-7,15,19,26H,5,8-14H2,1H3/t15-,19-/m1/s1. The number of aliphatic hydroxyl groups excluding tert-OH is 1. The van der Waals surface area contributed by atoms with Crippen LogP contribution in [0.5, 0.6) is 0 Å². The number of para-hydroxylation sites is 1. The molecule has 1 aromatic carbocycles. The van der Waals surface area contributed by atoms with Gasteiger partial charge in [-0.05, 0) is 18.4 Å². The van der Waals surface area contributed by atoms with Gasteiger partial charge in [-0.25, -0.2) is 9.37 Å². The lowest BCUT2D eigenvalue weighted by Gasteiger charge is -2.38. The molecule has 0 radical (unpaired) electrons. The minimum Gasteiger partial charge on any atom is -0.381 e. The van der Waals surface area contributed by atoms with Crippen LogP contribution in [0.25, 0.3) is 0 Å². The summed E-state index contributed by atoms with van der Waals surface area (Å²) in [5, 5.41) is 10.8. The quantitative estimate of drug-likeness (QED) is 0.865. The predicted octanol–water partition coefficient (Wildman–Crippen LogP) is 1.80. The molecule has 4 rings (SSSR count). The summed E-state index contributed by atoms with van der Waals surface area (Å²) in [5.41, 5.74) is 1.07. The van der Waals surface area contributed by atoms with Crippen molar-refractivity contribution in [2.24, 2.45) is 13.0 Å². The lowest BCUT2D eigenvalue weighted by Crippen LogP contribution is -2.48. The van der Waals surface area contributed by atoms with E-state index in [0.717, 1.165) is 52.4 Å². The Morgan fingerprint density at radius 2 is 2.11 bits per heavy atom. The number of halogens is 1. The van der Waals surface area contributed by atoms with Crippen molar-refractivity contribution in [2.75, 3.05) is 50.8 Å². The second kappa shape index (κ2) is 7.96. The van der Waals surface area contributed by atoms with Gasteiger partial charge in [-0.3, -0.25) is 4.90 Å². The zero-order chi connectivity index (χ0) is 18.8. The maximum atomic E-state index is 14.8. The Kier molecular flexibility index (Phi) is 5.43. The molecule has 1 aromatic heterocycles. The van der Waals surface area contributed by atoms with Gasteiger partial charge in [0.25, 0.3) is 0 Å². The van der Waals surface area contributed by atoms with Gasteiger partial charge in [0.15, 0.2) is 0 Å². The molecule has 1 N–H and O–H groups in total. The molecule has 0 amide bonds. The van der Waals surface area contributed by atoms with E-state index in [4.69, 9.17) is 4.74 Å². The van der Waals surface area contributed by atoms with E-state index in [-0.39, 0.29) is 5.82 Å². The summed E-state index contributed by atoms with van der Waals surface area (Å²) in [6, 6.07) is 4.91. The van der Waals surface area contributed by atoms with Crippen molar-refractivity contribution in [2.45, 2.75) is 12.5 Å². The number of hydrogen-bond donors (Lipinski definition) is 1. The number of aliphatic hydroxyl groups is 1. The lowest BCUT2D eigenvalue weighted by molar-refractivity contribution is 0.164. The van der Waals surface area contributed by atoms with Gasteiger partial charge >= 0.3 is 0 Å². The number of aryl methyl sites for hydroxylation is 1. The second-order valence-electron chi connectivity index (χ2n) is 7.49. The Labute approximate surface area is 159 Å². The number of benzene rings is 1. The average Bonchev–Trinajstić information content (AvgIpc) is 3.33. The minimum absolute atomic E-state index is 0.293. The van der Waals surface area contributed by atoms with Crippen molar-refractivity contribution in [3.05, 3.63) is 47.8 Å². The molecule has 7 heteroatoms. The van der Waals surface area contributed by atoms with E-state index in [1.54, 1.807) is 29.1 Å². The third-order valence-corrected chi connectivity index (χ3v) is 5.64. The number of ether oxygens (including phenoxy) is 1. The normalized spacial score (nSPS) is 22.3. The third kappa shape index (κ3) is 3.85. The van der Waals surface area contributed by atoms with Gasteiger partial charge in [0.2, 0.25) is 0 Å². The molecule has 2 saturated heterocycles. The summed E-state index contributed by atoms with van der Waals surface area (Å²) < 4.78 is 22.0. The molecule has 27 heavy (non-hydrogen) atoms. The van der Waals surface area contributed by atoms with Crippen molar-refractivity contribution < 1.29 is 14.2 Å². The Morgan fingerprint density at radius 3 is 2.78 bits per heavy atom. The second-order valence-corrected chi connectivity index (χ2v) is 7.49. The molecule has 3 heterocycles. The highest BCUT2D eigenvalue weighted by atomic mass is 19.1. The molecule has 0 unspecified atom stereocenters. The van der Waals surface area contributed by atoms with Crippen LogP contribution in [0, 0.1) is 11.7 Å². The van der Waals surface area contributed by atoms with E-state index in [2.05, 4.69) is 14.8 Å². The number of aromatic nitrogens is 2. The Balaban J connectivity index is 1.50. The maximum absolute atomic E-state index is 14.8. The van der Waals surface area contributed by atoms with Gasteiger partial charge in [0.1, 0.15) is 17.7 Å². The summed E-state index contributed by atoms with van der Waals surface area (Å²) in [5.74, 6) is 0.839. The van der Waals surface area contributed by atoms with Crippen LogP contribution in [0.2, 0.25) is 0 Å². The number of nitrogens with zero attached hydrogens (tertiary/aromatic N) is 4. The van der Waals surface area contributed by atoms with E-state index in [0.29, 0.717) is 23.0 Å². The number of hydrogen-bond acceptors (Lipinski definition) is 5. The molecule has 0 saturated carbocycles. The fourth-order valence-corrected chi connectivity index (χ4v) is 4.11. The van der Waals surface area contributed by atoms with E-state index < -0.39 is 6.10 Å². The first kappa shape index (κ1) is 18.4. The summed E-state index contributed by atoms with van der Waals surface area (Å²) in [6.07, 6.45) is 3.60. The summed E-state index contributed by atoms with van der Waals surface area (Å²) in [7, 11) is 1.83. The van der Waals surface area contributed by atoms with E-state index >= 15 is 0 Å². The van der Waals surface area contributed by atoms with Gasteiger partial charge in [0.05, 0.1) is 12.3 Å². The van der Waals surface area contributed by atoms with Crippen molar-refractivity contribution in [1.29, 1.82) is 0 Å². The van der Waals surface area contributed by atoms with E-state index in [1.165, 1.54) is 6.07 Å². The van der Waals surface area contributed by atoms with Crippen molar-refractivity contribution in [3.8, 4) is 0 Å². The molecule has 2 aliphatic heterocycles. The first-order chi connectivity index (χ1) is 13.1. The van der Waals surface area contributed by atoms with Crippen LogP contribution in [0.1, 0.15) is 23.9 Å². The maximum Gasteiger partial charge on any atom is 0.146 e. The fraction of sp³-hybridized carbons (Fsp3) is 0.550. The van der Waals surface area contributed by atoms with Gasteiger partial charge in [-0.2, -0.15) is 0 Å². The zero-order valence-corrected chi connectivity index (χ0v) is 15.7. The molecule has 2 aliphatic rings. The molecular weight excluding hydrogens is 347 g/mol. The minimum atomic E-state index is -0.954. The highest BCUT2D eigenvalue weighted by Crippen LogP contribution is 2.33. The molecule has 2 atom stereocenters. The van der Waals surface area contributed by atoms with Crippen LogP contribution in [0.15, 0.2) is 30.6 Å². The topological polar surface area (TPSA) is 53.8 Å². The van der Waals surface area contributed by atoms with E-state index in [9.17, 15) is 9.50 Å². The molecule has 146 valence electrons. The monoisotopic (exact) mass is 374 g/mol. The molecule has 2 aromatic rings. The zero-order valence-electron chi connectivity index (χ0n) is 15.7. The summed E-state index contributed by atoms with van der Waals surface area (Å²) in [4.78, 5) is 8.72. The Morgan fingerprint density at radius 1 is 1.30 bits per heavy atom. The predicted molar refractivity (Wildman–Crippen MR) is 101 cm³/mol. The average molecular weight is 374 g/mol. The van der Waals surface area contributed by atoms with Crippen LogP contribution in [0.4, 0.5) is 10.1 Å². The molecule has 6 nitrogen and oxygen atoms in total. The smallest absolute Gasteiger partial charge is 0.146 e. The SMILES string of the molecule is Cn1ccnc1[C@H](O)c1cccc(F)c1N1CCN(C[C@H]2CCOC2)CC1. The number of imidazole rings is 1. The highest BCUT2D eigenvalue weighted by Gasteiger charge is 2.28. The van der Waals surface area contributed by atoms with Gasteiger partial charge < -0.3 is 19.3 Å². The molecular formula is C20H27FN4O2. The van der Waals surface area contributed by atoms with Crippen LogP contribution < -0.4 is 4.90 Å². The Bertz CT molecular complexity index is 767. The number of anilines is 1. The number of piperazine rings is 1. The first-order valence-electron chi connectivity index (χ1n) is 9.62. The summed E-state index contributed by atoms with van der Waals surface area (Å²) >= 11 is 0. The van der Waals surface area contributed by atoms with E-state index in [1.807, 2.05) is 7.05 Å². The molecule has 2 fully saturated rings. The Hall–Kier alpha value is -1.96. The van der Waals surface area contributed by atoms with Crippen molar-refractivity contribution in [1.82, 2.24) is 14.5 Å². The van der Waals surface area contributed by atoms with Crippen LogP contribution in [-0.4, -0.2) is 65.5 Å². The third-order valence-electron chi connectivity index (χ3n) is 5.64. The molecule has 0 bridgehead atoms. The van der Waals surface area contributed by atoms with Crippen molar-refractivity contribution >= 4 is 5.69 Å². The summed E-state index contributed by atoms with van der Waals surface area (Å²) in [6.45, 7) is 6.05. The largest absolute Gasteiger partial charge is 0.381 e. The molecule has 0 aliphatic carbocycles. The van der Waals surface area contributed by atoms with Crippen molar-refractivity contribution in [3.63, 3.8) is 0 Å². The fourth-order valence-electron chi connectivity index (χ4n) is 4.11.